The van der Waals surface area contributed by atoms with Crippen molar-refractivity contribution in [3.05, 3.63) is 20.8 Å². The van der Waals surface area contributed by atoms with Gasteiger partial charge >= 0.3 is 0 Å². The van der Waals surface area contributed by atoms with Crippen LogP contribution >= 0.6 is 27.3 Å². The molecular weight excluding hydrogens is 288 g/mol. The van der Waals surface area contributed by atoms with Crippen LogP contribution in [0, 0.1) is 0 Å². The molecule has 5 heteroatoms. The molecule has 0 aromatic carbocycles. The van der Waals surface area contributed by atoms with Crippen LogP contribution in [0.15, 0.2) is 15.9 Å². The van der Waals surface area contributed by atoms with E-state index in [0.717, 1.165) is 10.3 Å². The Kier molecular flexibility index (Phi) is 4.38. The topological polar surface area (TPSA) is 49.5 Å². The van der Waals surface area contributed by atoms with Gasteiger partial charge in [0.05, 0.1) is 16.4 Å². The maximum absolute atomic E-state index is 9.12. The quantitative estimate of drug-likeness (QED) is 0.845. The summed E-state index contributed by atoms with van der Waals surface area (Å²) in [7, 11) is 0. The van der Waals surface area contributed by atoms with E-state index < -0.39 is 0 Å². The smallest absolute Gasteiger partial charge is 0.0702 e. The highest BCUT2D eigenvalue weighted by atomic mass is 79.9. The zero-order valence-corrected chi connectivity index (χ0v) is 11.5. The summed E-state index contributed by atoms with van der Waals surface area (Å²) in [6.45, 7) is 1.55. The van der Waals surface area contributed by atoms with Crippen molar-refractivity contribution in [3.8, 4) is 0 Å². The van der Waals surface area contributed by atoms with Crippen molar-refractivity contribution in [1.82, 2.24) is 4.90 Å². The molecule has 3 nitrogen and oxygen atoms in total. The minimum absolute atomic E-state index is 0.208. The summed E-state index contributed by atoms with van der Waals surface area (Å²) in [5, 5.41) is 9.12. The van der Waals surface area contributed by atoms with Crippen molar-refractivity contribution < 1.29 is 5.11 Å². The maximum atomic E-state index is 9.12. The molecule has 1 atom stereocenters. The van der Waals surface area contributed by atoms with Crippen molar-refractivity contribution in [3.63, 3.8) is 0 Å². The van der Waals surface area contributed by atoms with E-state index in [1.165, 1.54) is 17.7 Å². The molecule has 16 heavy (non-hydrogen) atoms. The van der Waals surface area contributed by atoms with Gasteiger partial charge in [-0.15, -0.1) is 11.3 Å². The van der Waals surface area contributed by atoms with Crippen LogP contribution in [0.3, 0.4) is 0 Å². The predicted octanol–water partition coefficient (Wildman–Crippen LogP) is 1.97. The molecule has 0 spiro atoms. The number of hydrogen-bond donors (Lipinski definition) is 2. The Bertz CT molecular complexity index is 340. The molecule has 90 valence electrons. The lowest BCUT2D eigenvalue weighted by molar-refractivity contribution is 0.147. The summed E-state index contributed by atoms with van der Waals surface area (Å²) in [5.74, 6) is 0. The fourth-order valence-corrected chi connectivity index (χ4v) is 3.59. The molecular formula is C11H17BrN2OS. The molecule has 1 aliphatic carbocycles. The Labute approximate surface area is 108 Å². The van der Waals surface area contributed by atoms with E-state index in [4.69, 9.17) is 10.8 Å². The highest BCUT2D eigenvalue weighted by molar-refractivity contribution is 9.11. The summed E-state index contributed by atoms with van der Waals surface area (Å²) < 4.78 is 1.14. The second-order valence-corrected chi connectivity index (χ2v) is 6.58. The lowest BCUT2D eigenvalue weighted by Crippen LogP contribution is -2.37. The third-order valence-electron chi connectivity index (χ3n) is 2.92. The molecule has 0 saturated heterocycles. The van der Waals surface area contributed by atoms with Crippen molar-refractivity contribution in [2.45, 2.75) is 24.9 Å². The normalized spacial score (nSPS) is 18.0. The second-order valence-electron chi connectivity index (χ2n) is 4.09. The minimum atomic E-state index is 0.208. The molecule has 0 aliphatic heterocycles. The number of aliphatic hydroxyl groups excluding tert-OH is 1. The molecule has 1 unspecified atom stereocenters. The van der Waals surface area contributed by atoms with Gasteiger partial charge in [-0.2, -0.15) is 0 Å². The Morgan fingerprint density at radius 1 is 1.56 bits per heavy atom. The number of aliphatic hydroxyl groups is 1. The summed E-state index contributed by atoms with van der Waals surface area (Å²) >= 11 is 5.21. The molecule has 3 N–H and O–H groups in total. The summed E-state index contributed by atoms with van der Waals surface area (Å²) in [6, 6.07) is 5.07. The molecule has 0 radical (unpaired) electrons. The van der Waals surface area contributed by atoms with Gasteiger partial charge in [0.15, 0.2) is 0 Å². The molecule has 1 fully saturated rings. The average molecular weight is 305 g/mol. The first-order chi connectivity index (χ1) is 7.76. The third kappa shape index (κ3) is 2.84. The summed E-state index contributed by atoms with van der Waals surface area (Å²) in [6.07, 6.45) is 2.48. The first-order valence-corrected chi connectivity index (χ1v) is 7.19. The van der Waals surface area contributed by atoms with E-state index in [2.05, 4.69) is 33.0 Å². The molecule has 2 rings (SSSR count). The molecule has 1 aliphatic rings. The first kappa shape index (κ1) is 12.5. The van der Waals surface area contributed by atoms with E-state index >= 15 is 0 Å². The molecule has 0 amide bonds. The van der Waals surface area contributed by atoms with Gasteiger partial charge in [0.25, 0.3) is 0 Å². The lowest BCUT2D eigenvalue weighted by Gasteiger charge is -2.29. The van der Waals surface area contributed by atoms with Gasteiger partial charge in [0.2, 0.25) is 0 Å². The number of halogens is 1. The van der Waals surface area contributed by atoms with Gasteiger partial charge in [0, 0.05) is 24.0 Å². The largest absolute Gasteiger partial charge is 0.395 e. The predicted molar refractivity (Wildman–Crippen MR) is 70.6 cm³/mol. The van der Waals surface area contributed by atoms with Crippen LogP contribution in [-0.4, -0.2) is 35.7 Å². The average Bonchev–Trinajstić information content (AvgIpc) is 3.02. The van der Waals surface area contributed by atoms with E-state index in [9.17, 15) is 0 Å². The van der Waals surface area contributed by atoms with E-state index in [1.807, 2.05) is 0 Å². The summed E-state index contributed by atoms with van der Waals surface area (Å²) in [5.41, 5.74) is 5.88. The zero-order valence-electron chi connectivity index (χ0n) is 9.10. The monoisotopic (exact) mass is 304 g/mol. The molecule has 1 saturated carbocycles. The van der Waals surface area contributed by atoms with Gasteiger partial charge in [-0.25, -0.2) is 0 Å². The van der Waals surface area contributed by atoms with Gasteiger partial charge in [0.1, 0.15) is 0 Å². The van der Waals surface area contributed by atoms with Gasteiger partial charge in [-0.3, -0.25) is 4.90 Å². The van der Waals surface area contributed by atoms with E-state index in [-0.39, 0.29) is 12.6 Å². The van der Waals surface area contributed by atoms with Crippen LogP contribution in [-0.2, 0) is 0 Å². The highest BCUT2D eigenvalue weighted by Gasteiger charge is 2.34. The Morgan fingerprint density at radius 3 is 2.75 bits per heavy atom. The zero-order chi connectivity index (χ0) is 11.5. The standard InChI is InChI=1S/C11H17BrN2OS/c12-11-4-3-10(16-11)9(7-13)14(5-6-15)8-1-2-8/h3-4,8-9,15H,1-2,5-7,13H2. The van der Waals surface area contributed by atoms with Crippen molar-refractivity contribution in [2.75, 3.05) is 19.7 Å². The fourth-order valence-electron chi connectivity index (χ4n) is 2.04. The molecule has 1 heterocycles. The molecule has 1 aromatic rings. The van der Waals surface area contributed by atoms with Crippen LogP contribution in [0.4, 0.5) is 0 Å². The highest BCUT2D eigenvalue weighted by Crippen LogP contribution is 2.36. The van der Waals surface area contributed by atoms with Gasteiger partial charge in [-0.1, -0.05) is 0 Å². The van der Waals surface area contributed by atoms with Crippen molar-refractivity contribution in [1.29, 1.82) is 0 Å². The fraction of sp³-hybridized carbons (Fsp3) is 0.636. The Hall–Kier alpha value is 0.0600. The van der Waals surface area contributed by atoms with Crippen LogP contribution in [0.5, 0.6) is 0 Å². The van der Waals surface area contributed by atoms with Crippen LogP contribution < -0.4 is 5.73 Å². The van der Waals surface area contributed by atoms with Crippen molar-refractivity contribution >= 4 is 27.3 Å². The maximum Gasteiger partial charge on any atom is 0.0702 e. The van der Waals surface area contributed by atoms with Crippen LogP contribution in [0.25, 0.3) is 0 Å². The van der Waals surface area contributed by atoms with Crippen LogP contribution in [0.1, 0.15) is 23.8 Å². The number of rotatable bonds is 6. The Morgan fingerprint density at radius 2 is 2.31 bits per heavy atom. The SMILES string of the molecule is NCC(c1ccc(Br)s1)N(CCO)C1CC1. The Balaban J connectivity index is 2.12. The summed E-state index contributed by atoms with van der Waals surface area (Å²) in [4.78, 5) is 3.63. The number of nitrogens with zero attached hydrogens (tertiary/aromatic N) is 1. The lowest BCUT2D eigenvalue weighted by atomic mass is 10.2. The van der Waals surface area contributed by atoms with Gasteiger partial charge < -0.3 is 10.8 Å². The first-order valence-electron chi connectivity index (χ1n) is 5.58. The van der Waals surface area contributed by atoms with Crippen LogP contribution in [0.2, 0.25) is 0 Å². The van der Waals surface area contributed by atoms with Crippen molar-refractivity contribution in [2.24, 2.45) is 5.73 Å². The number of thiophene rings is 1. The minimum Gasteiger partial charge on any atom is -0.395 e. The van der Waals surface area contributed by atoms with Gasteiger partial charge in [-0.05, 0) is 40.9 Å². The number of hydrogen-bond acceptors (Lipinski definition) is 4. The molecule has 1 aromatic heterocycles. The van der Waals surface area contributed by atoms with E-state index in [0.29, 0.717) is 12.6 Å². The third-order valence-corrected chi connectivity index (χ3v) is 4.64. The van der Waals surface area contributed by atoms with E-state index in [1.54, 1.807) is 11.3 Å². The molecule has 0 bridgehead atoms. The second kappa shape index (κ2) is 5.60. The number of nitrogens with two attached hydrogens (primary N) is 1.